The molecular weight excluding hydrogens is 258 g/mol. The van der Waals surface area contributed by atoms with Gasteiger partial charge in [0.2, 0.25) is 0 Å². The first-order valence-electron chi connectivity index (χ1n) is 7.77. The Morgan fingerprint density at radius 2 is 2.10 bits per heavy atom. The lowest BCUT2D eigenvalue weighted by Crippen LogP contribution is -2.25. The maximum atomic E-state index is 4.70. The molecule has 3 rings (SSSR count). The third kappa shape index (κ3) is 2.66. The van der Waals surface area contributed by atoms with Gasteiger partial charge in [0.15, 0.2) is 0 Å². The van der Waals surface area contributed by atoms with E-state index in [0.29, 0.717) is 12.1 Å². The zero-order valence-corrected chi connectivity index (χ0v) is 13.0. The summed E-state index contributed by atoms with van der Waals surface area (Å²) in [5.41, 5.74) is 3.95. The Morgan fingerprint density at radius 3 is 2.81 bits per heavy atom. The summed E-state index contributed by atoms with van der Waals surface area (Å²) in [5.74, 6) is 1.04. The fourth-order valence-corrected chi connectivity index (χ4v) is 3.13. The fourth-order valence-electron chi connectivity index (χ4n) is 3.13. The van der Waals surface area contributed by atoms with Gasteiger partial charge in [-0.25, -0.2) is 4.98 Å². The molecule has 1 N–H and O–H groups in total. The van der Waals surface area contributed by atoms with Gasteiger partial charge >= 0.3 is 0 Å². The Morgan fingerprint density at radius 1 is 1.29 bits per heavy atom. The molecule has 3 nitrogen and oxygen atoms in total. The van der Waals surface area contributed by atoms with Crippen LogP contribution in [0.25, 0.3) is 0 Å². The van der Waals surface area contributed by atoms with E-state index in [4.69, 9.17) is 4.98 Å². The number of para-hydroxylation sites is 1. The maximum absolute atomic E-state index is 4.70. The molecule has 0 amide bonds. The smallest absolute Gasteiger partial charge is 0.133 e. The van der Waals surface area contributed by atoms with Crippen LogP contribution < -0.4 is 10.2 Å². The van der Waals surface area contributed by atoms with Crippen molar-refractivity contribution in [2.45, 2.75) is 39.3 Å². The van der Waals surface area contributed by atoms with Crippen molar-refractivity contribution >= 4 is 11.5 Å². The number of nitrogens with zero attached hydrogens (tertiary/aromatic N) is 2. The van der Waals surface area contributed by atoms with Crippen LogP contribution in [0, 0.1) is 0 Å². The van der Waals surface area contributed by atoms with Crippen molar-refractivity contribution in [1.29, 1.82) is 0 Å². The molecule has 1 aliphatic heterocycles. The highest BCUT2D eigenvalue weighted by Crippen LogP contribution is 2.37. The molecule has 110 valence electrons. The van der Waals surface area contributed by atoms with Crippen LogP contribution in [0.15, 0.2) is 42.6 Å². The van der Waals surface area contributed by atoms with E-state index in [2.05, 4.69) is 67.4 Å². The Hall–Kier alpha value is -1.87. The summed E-state index contributed by atoms with van der Waals surface area (Å²) in [4.78, 5) is 7.04. The minimum Gasteiger partial charge on any atom is -0.323 e. The molecule has 2 atom stereocenters. The molecule has 0 saturated carbocycles. The summed E-state index contributed by atoms with van der Waals surface area (Å²) in [6, 6.07) is 13.8. The highest BCUT2D eigenvalue weighted by Gasteiger charge is 2.27. The van der Waals surface area contributed by atoms with Crippen molar-refractivity contribution < 1.29 is 0 Å². The summed E-state index contributed by atoms with van der Waals surface area (Å²) in [6.45, 7) is 7.53. The van der Waals surface area contributed by atoms with Crippen molar-refractivity contribution in [3.05, 3.63) is 53.7 Å². The third-order valence-corrected chi connectivity index (χ3v) is 4.24. The average Bonchev–Trinajstić information content (AvgIpc) is 2.83. The second-order valence-corrected chi connectivity index (χ2v) is 5.78. The first-order chi connectivity index (χ1) is 10.2. The topological polar surface area (TPSA) is 28.2 Å². The highest BCUT2D eigenvalue weighted by atomic mass is 15.2. The van der Waals surface area contributed by atoms with Crippen molar-refractivity contribution in [3.8, 4) is 0 Å². The van der Waals surface area contributed by atoms with Gasteiger partial charge in [0.05, 0.1) is 0 Å². The standard InChI is InChI=1S/C18H23N3/c1-4-19-14(3)16-9-10-18(20-12-16)21-13(2)11-15-7-5-6-8-17(15)21/h5-10,12-14,19H,4,11H2,1-3H3. The second kappa shape index (κ2) is 5.86. The number of pyridine rings is 1. The predicted octanol–water partition coefficient (Wildman–Crippen LogP) is 3.83. The lowest BCUT2D eigenvalue weighted by molar-refractivity contribution is 0.596. The van der Waals surface area contributed by atoms with E-state index in [1.807, 2.05) is 6.20 Å². The molecule has 2 aromatic rings. The highest BCUT2D eigenvalue weighted by molar-refractivity contribution is 5.68. The third-order valence-electron chi connectivity index (χ3n) is 4.24. The summed E-state index contributed by atoms with van der Waals surface area (Å²) in [5, 5.41) is 3.42. The van der Waals surface area contributed by atoms with E-state index in [0.717, 1.165) is 18.8 Å². The number of hydrogen-bond donors (Lipinski definition) is 1. The van der Waals surface area contributed by atoms with Crippen LogP contribution in [0.5, 0.6) is 0 Å². The molecule has 0 bridgehead atoms. The number of anilines is 2. The van der Waals surface area contributed by atoms with Gasteiger partial charge in [0.1, 0.15) is 5.82 Å². The van der Waals surface area contributed by atoms with Gasteiger partial charge in [-0.05, 0) is 50.1 Å². The van der Waals surface area contributed by atoms with Crippen molar-refractivity contribution in [2.75, 3.05) is 11.4 Å². The molecule has 0 aliphatic carbocycles. The SMILES string of the molecule is CCNC(C)c1ccc(N2c3ccccc3CC2C)nc1. The number of fused-ring (bicyclic) bond motifs is 1. The quantitative estimate of drug-likeness (QED) is 0.923. The number of nitrogens with one attached hydrogen (secondary N) is 1. The fraction of sp³-hybridized carbons (Fsp3) is 0.389. The number of aromatic nitrogens is 1. The molecule has 1 aromatic heterocycles. The van der Waals surface area contributed by atoms with Crippen molar-refractivity contribution in [1.82, 2.24) is 10.3 Å². The van der Waals surface area contributed by atoms with Gasteiger partial charge in [-0.3, -0.25) is 0 Å². The van der Waals surface area contributed by atoms with Gasteiger partial charge in [0.25, 0.3) is 0 Å². The van der Waals surface area contributed by atoms with E-state index in [1.165, 1.54) is 16.8 Å². The van der Waals surface area contributed by atoms with Gasteiger partial charge < -0.3 is 10.2 Å². The van der Waals surface area contributed by atoms with Crippen LogP contribution >= 0.6 is 0 Å². The van der Waals surface area contributed by atoms with Crippen LogP contribution in [0.2, 0.25) is 0 Å². The zero-order valence-electron chi connectivity index (χ0n) is 13.0. The van der Waals surface area contributed by atoms with Crippen LogP contribution in [0.3, 0.4) is 0 Å². The lowest BCUT2D eigenvalue weighted by Gasteiger charge is -2.24. The van der Waals surface area contributed by atoms with Gasteiger partial charge in [0, 0.05) is 24.0 Å². The average molecular weight is 281 g/mol. The lowest BCUT2D eigenvalue weighted by atomic mass is 10.1. The minimum atomic E-state index is 0.347. The minimum absolute atomic E-state index is 0.347. The molecule has 1 aromatic carbocycles. The Bertz CT molecular complexity index is 606. The molecule has 2 heterocycles. The molecule has 21 heavy (non-hydrogen) atoms. The van der Waals surface area contributed by atoms with Crippen molar-refractivity contribution in [2.24, 2.45) is 0 Å². The number of hydrogen-bond acceptors (Lipinski definition) is 3. The second-order valence-electron chi connectivity index (χ2n) is 5.78. The van der Waals surface area contributed by atoms with E-state index in [9.17, 15) is 0 Å². The van der Waals surface area contributed by atoms with Crippen LogP contribution in [0.4, 0.5) is 11.5 Å². The number of rotatable bonds is 4. The van der Waals surface area contributed by atoms with Crippen LogP contribution in [0.1, 0.15) is 37.9 Å². The van der Waals surface area contributed by atoms with Crippen LogP contribution in [-0.2, 0) is 6.42 Å². The zero-order chi connectivity index (χ0) is 14.8. The first kappa shape index (κ1) is 14.1. The largest absolute Gasteiger partial charge is 0.323 e. The molecular formula is C18H23N3. The summed E-state index contributed by atoms with van der Waals surface area (Å²) >= 11 is 0. The van der Waals surface area contributed by atoms with Gasteiger partial charge in [-0.2, -0.15) is 0 Å². The molecule has 0 fully saturated rings. The van der Waals surface area contributed by atoms with E-state index in [1.54, 1.807) is 0 Å². The normalized spacial score (nSPS) is 18.6. The van der Waals surface area contributed by atoms with Gasteiger partial charge in [-0.15, -0.1) is 0 Å². The summed E-state index contributed by atoms with van der Waals surface area (Å²) in [6.07, 6.45) is 3.09. The van der Waals surface area contributed by atoms with E-state index in [-0.39, 0.29) is 0 Å². The molecule has 0 saturated heterocycles. The summed E-state index contributed by atoms with van der Waals surface area (Å²) in [7, 11) is 0. The predicted molar refractivity (Wildman–Crippen MR) is 88.1 cm³/mol. The van der Waals surface area contributed by atoms with Gasteiger partial charge in [-0.1, -0.05) is 31.2 Å². The van der Waals surface area contributed by atoms with Crippen molar-refractivity contribution in [3.63, 3.8) is 0 Å². The molecule has 2 unspecified atom stereocenters. The molecule has 3 heteroatoms. The Labute approximate surface area is 127 Å². The molecule has 1 aliphatic rings. The first-order valence-corrected chi connectivity index (χ1v) is 7.77. The Kier molecular flexibility index (Phi) is 3.93. The monoisotopic (exact) mass is 281 g/mol. The Balaban J connectivity index is 1.88. The van der Waals surface area contributed by atoms with E-state index >= 15 is 0 Å². The van der Waals surface area contributed by atoms with E-state index < -0.39 is 0 Å². The number of benzene rings is 1. The van der Waals surface area contributed by atoms with Crippen LogP contribution in [-0.4, -0.2) is 17.6 Å². The maximum Gasteiger partial charge on any atom is 0.133 e. The molecule has 0 spiro atoms. The summed E-state index contributed by atoms with van der Waals surface area (Å²) < 4.78 is 0. The molecule has 0 radical (unpaired) electrons.